The van der Waals surface area contributed by atoms with Crippen LogP contribution in [0.5, 0.6) is 5.75 Å². The summed E-state index contributed by atoms with van der Waals surface area (Å²) in [6, 6.07) is 6.90. The van der Waals surface area contributed by atoms with E-state index in [2.05, 4.69) is 18.2 Å². The zero-order valence-electron chi connectivity index (χ0n) is 27.1. The maximum absolute atomic E-state index is 12.9. The molecule has 1 heterocycles. The smallest absolute Gasteiger partial charge is 0.453 e. The lowest BCUT2D eigenvalue weighted by atomic mass is 9.54. The number of halogens is 5. The monoisotopic (exact) mass is 658 g/mol. The highest BCUT2D eigenvalue weighted by atomic mass is 32.2. The van der Waals surface area contributed by atoms with Crippen LogP contribution in [0, 0.1) is 17.3 Å². The zero-order valence-corrected chi connectivity index (χ0v) is 27.9. The van der Waals surface area contributed by atoms with Crippen molar-refractivity contribution in [1.29, 1.82) is 0 Å². The van der Waals surface area contributed by atoms with E-state index in [4.69, 9.17) is 9.47 Å². The SMILES string of the molecule is FC(F)(F)C(F)(F)CCCSCCCCCCCCCC[C@@]12CCC[C@H]1[C@@H]1CCc3cc(OC4CCCCO4)ccc3[C@H]1CC2. The molecular formula is C37H55F5O2S. The minimum atomic E-state index is -5.43. The van der Waals surface area contributed by atoms with Crippen LogP contribution in [-0.4, -0.2) is 36.5 Å². The van der Waals surface area contributed by atoms with Gasteiger partial charge >= 0.3 is 12.1 Å². The molecule has 3 aliphatic carbocycles. The lowest BCUT2D eigenvalue weighted by Gasteiger charge is -2.51. The van der Waals surface area contributed by atoms with Crippen LogP contribution in [0.15, 0.2) is 18.2 Å². The molecule has 8 heteroatoms. The van der Waals surface area contributed by atoms with E-state index in [0.717, 1.165) is 61.5 Å². The molecule has 0 spiro atoms. The number of unbranched alkanes of at least 4 members (excludes halogenated alkanes) is 7. The van der Waals surface area contributed by atoms with E-state index < -0.39 is 18.5 Å². The van der Waals surface area contributed by atoms with Gasteiger partial charge in [0.1, 0.15) is 5.75 Å². The maximum atomic E-state index is 12.9. The van der Waals surface area contributed by atoms with Crippen molar-refractivity contribution in [2.75, 3.05) is 18.1 Å². The fraction of sp³-hybridized carbons (Fsp3) is 0.838. The summed E-state index contributed by atoms with van der Waals surface area (Å²) < 4.78 is 74.5. The number of alkyl halides is 5. The van der Waals surface area contributed by atoms with Crippen LogP contribution in [0.4, 0.5) is 22.0 Å². The third kappa shape index (κ3) is 9.32. The Morgan fingerprint density at radius 1 is 0.800 bits per heavy atom. The zero-order chi connectivity index (χ0) is 31.8. The Morgan fingerprint density at radius 2 is 1.56 bits per heavy atom. The molecule has 1 unspecified atom stereocenters. The minimum absolute atomic E-state index is 0.0817. The third-order valence-electron chi connectivity index (χ3n) is 11.5. The van der Waals surface area contributed by atoms with Gasteiger partial charge in [0, 0.05) is 12.8 Å². The van der Waals surface area contributed by atoms with Gasteiger partial charge in [-0.05, 0) is 129 Å². The van der Waals surface area contributed by atoms with Crippen LogP contribution in [0.25, 0.3) is 0 Å². The summed E-state index contributed by atoms with van der Waals surface area (Å²) in [6.07, 6.45) is 17.4. The molecule has 2 nitrogen and oxygen atoms in total. The Hall–Kier alpha value is -1.02. The second-order valence-corrected chi connectivity index (χ2v) is 15.7. The number of hydrogen-bond acceptors (Lipinski definition) is 3. The van der Waals surface area contributed by atoms with Crippen molar-refractivity contribution in [2.24, 2.45) is 17.3 Å². The molecule has 5 atom stereocenters. The van der Waals surface area contributed by atoms with Crippen LogP contribution >= 0.6 is 11.8 Å². The van der Waals surface area contributed by atoms with E-state index in [1.807, 2.05) is 0 Å². The highest BCUT2D eigenvalue weighted by Gasteiger charge is 2.56. The first-order valence-corrected chi connectivity index (χ1v) is 19.3. The van der Waals surface area contributed by atoms with Crippen molar-refractivity contribution in [3.8, 4) is 5.75 Å². The average molecular weight is 659 g/mol. The second kappa shape index (κ2) is 16.4. The molecule has 1 saturated heterocycles. The van der Waals surface area contributed by atoms with E-state index in [0.29, 0.717) is 11.2 Å². The standard InChI is InChI=1S/C37H55F5O2S/c38-36(39,37(40,41)42)22-12-26-45-25-10-6-4-2-1-3-5-8-20-35-21-11-13-33(35)32-17-15-28-27-29(44-34-14-7-9-24-43-34)16-18-30(28)31(32)19-23-35/h16,18,27,31-34H,1-15,17,19-26H2/t31-,32-,33+,34?,35+/m1/s1. The molecule has 1 aromatic carbocycles. The molecule has 45 heavy (non-hydrogen) atoms. The van der Waals surface area contributed by atoms with Crippen LogP contribution in [0.2, 0.25) is 0 Å². The minimum Gasteiger partial charge on any atom is -0.465 e. The van der Waals surface area contributed by atoms with E-state index in [-0.39, 0.29) is 12.7 Å². The van der Waals surface area contributed by atoms with Crippen LogP contribution in [0.3, 0.4) is 0 Å². The van der Waals surface area contributed by atoms with Gasteiger partial charge in [0.15, 0.2) is 6.29 Å². The van der Waals surface area contributed by atoms with E-state index in [1.165, 1.54) is 114 Å². The fourth-order valence-corrected chi connectivity index (χ4v) is 10.2. The summed E-state index contributed by atoms with van der Waals surface area (Å²) in [5.41, 5.74) is 3.70. The molecular weight excluding hydrogens is 603 g/mol. The van der Waals surface area contributed by atoms with Gasteiger partial charge in [0.25, 0.3) is 0 Å². The molecule has 4 aliphatic rings. The van der Waals surface area contributed by atoms with Crippen molar-refractivity contribution in [1.82, 2.24) is 0 Å². The van der Waals surface area contributed by atoms with Gasteiger partial charge in [-0.25, -0.2) is 0 Å². The quantitative estimate of drug-likeness (QED) is 0.123. The van der Waals surface area contributed by atoms with Crippen molar-refractivity contribution >= 4 is 11.8 Å². The number of thioether (sulfide) groups is 1. The first kappa shape index (κ1) is 35.3. The lowest BCUT2D eigenvalue weighted by molar-refractivity contribution is -0.284. The van der Waals surface area contributed by atoms with Gasteiger partial charge in [0.2, 0.25) is 0 Å². The Morgan fingerprint density at radius 3 is 2.31 bits per heavy atom. The molecule has 256 valence electrons. The van der Waals surface area contributed by atoms with Crippen molar-refractivity contribution in [3.05, 3.63) is 29.3 Å². The van der Waals surface area contributed by atoms with Crippen LogP contribution in [0.1, 0.15) is 145 Å². The van der Waals surface area contributed by atoms with Crippen LogP contribution in [-0.2, 0) is 11.2 Å². The second-order valence-electron chi connectivity index (χ2n) is 14.5. The molecule has 2 saturated carbocycles. The first-order chi connectivity index (χ1) is 21.7. The highest BCUT2D eigenvalue weighted by molar-refractivity contribution is 7.99. The van der Waals surface area contributed by atoms with Gasteiger partial charge in [-0.3, -0.25) is 0 Å². The predicted octanol–water partition coefficient (Wildman–Crippen LogP) is 12.0. The first-order valence-electron chi connectivity index (χ1n) is 18.1. The number of benzene rings is 1. The van der Waals surface area contributed by atoms with Gasteiger partial charge in [-0.2, -0.15) is 33.7 Å². The third-order valence-corrected chi connectivity index (χ3v) is 12.7. The Bertz CT molecular complexity index is 1040. The van der Waals surface area contributed by atoms with Gasteiger partial charge < -0.3 is 9.47 Å². The topological polar surface area (TPSA) is 18.5 Å². The van der Waals surface area contributed by atoms with Gasteiger partial charge in [-0.15, -0.1) is 0 Å². The molecule has 0 bridgehead atoms. The lowest BCUT2D eigenvalue weighted by Crippen LogP contribution is -2.41. The summed E-state index contributed by atoms with van der Waals surface area (Å²) in [5, 5.41) is 0. The molecule has 0 N–H and O–H groups in total. The highest BCUT2D eigenvalue weighted by Crippen LogP contribution is 2.63. The number of aryl methyl sites for hydroxylation is 1. The predicted molar refractivity (Wildman–Crippen MR) is 173 cm³/mol. The summed E-state index contributed by atoms with van der Waals surface area (Å²) in [6.45, 7) is 0.810. The number of fused-ring (bicyclic) bond motifs is 5. The van der Waals surface area contributed by atoms with Crippen molar-refractivity contribution in [2.45, 2.75) is 159 Å². The number of ether oxygens (including phenoxy) is 2. The molecule has 1 aromatic rings. The van der Waals surface area contributed by atoms with E-state index in [9.17, 15) is 22.0 Å². The molecule has 0 amide bonds. The molecule has 1 aliphatic heterocycles. The van der Waals surface area contributed by atoms with Gasteiger partial charge in [0.05, 0.1) is 6.61 Å². The Balaban J connectivity index is 0.939. The average Bonchev–Trinajstić information content (AvgIpc) is 3.45. The maximum Gasteiger partial charge on any atom is 0.453 e. The fourth-order valence-electron chi connectivity index (χ4n) is 9.20. The Labute approximate surface area is 272 Å². The molecule has 0 aromatic heterocycles. The normalized spacial score (nSPS) is 28.4. The van der Waals surface area contributed by atoms with Crippen LogP contribution < -0.4 is 4.74 Å². The van der Waals surface area contributed by atoms with Crippen molar-refractivity contribution < 1.29 is 31.4 Å². The Kier molecular flexibility index (Phi) is 12.9. The molecule has 5 rings (SSSR count). The summed E-state index contributed by atoms with van der Waals surface area (Å²) in [5.74, 6) is 0.116. The number of hydrogen-bond donors (Lipinski definition) is 0. The molecule has 0 radical (unpaired) electrons. The summed E-state index contributed by atoms with van der Waals surface area (Å²) in [4.78, 5) is 0. The van der Waals surface area contributed by atoms with E-state index in [1.54, 1.807) is 5.56 Å². The number of rotatable bonds is 17. The van der Waals surface area contributed by atoms with Crippen molar-refractivity contribution in [3.63, 3.8) is 0 Å². The van der Waals surface area contributed by atoms with E-state index >= 15 is 0 Å². The van der Waals surface area contributed by atoms with Gasteiger partial charge in [-0.1, -0.05) is 57.4 Å². The summed E-state index contributed by atoms with van der Waals surface area (Å²) >= 11 is 1.50. The molecule has 3 fully saturated rings. The largest absolute Gasteiger partial charge is 0.465 e. The summed E-state index contributed by atoms with van der Waals surface area (Å²) in [7, 11) is 0.